The summed E-state index contributed by atoms with van der Waals surface area (Å²) in [6.07, 6.45) is 0.691. The van der Waals surface area contributed by atoms with Gasteiger partial charge < -0.3 is 11.1 Å². The van der Waals surface area contributed by atoms with E-state index in [-0.39, 0.29) is 5.91 Å². The van der Waals surface area contributed by atoms with Crippen LogP contribution in [0.25, 0.3) is 0 Å². The van der Waals surface area contributed by atoms with Gasteiger partial charge in [0, 0.05) is 4.47 Å². The number of para-hydroxylation sites is 1. The maximum atomic E-state index is 11.7. The highest BCUT2D eigenvalue weighted by molar-refractivity contribution is 9.10. The van der Waals surface area contributed by atoms with E-state index in [1.807, 2.05) is 38.1 Å². The number of nitrogens with one attached hydrogen (secondary N) is 1. The molecule has 0 fully saturated rings. The molecule has 0 aliphatic heterocycles. The van der Waals surface area contributed by atoms with E-state index in [4.69, 9.17) is 5.73 Å². The Bertz CT molecular complexity index is 366. The van der Waals surface area contributed by atoms with Crippen LogP contribution in [0.3, 0.4) is 0 Å². The van der Waals surface area contributed by atoms with Crippen LogP contribution in [-0.4, -0.2) is 11.9 Å². The van der Waals surface area contributed by atoms with E-state index in [0.717, 1.165) is 10.2 Å². The lowest BCUT2D eigenvalue weighted by atomic mass is 10.0. The van der Waals surface area contributed by atoms with Crippen molar-refractivity contribution in [2.75, 3.05) is 5.32 Å². The smallest absolute Gasteiger partial charge is 0.241 e. The largest absolute Gasteiger partial charge is 0.324 e. The van der Waals surface area contributed by atoms with Gasteiger partial charge in [0.05, 0.1) is 11.7 Å². The zero-order valence-electron chi connectivity index (χ0n) is 9.53. The highest BCUT2D eigenvalue weighted by Crippen LogP contribution is 2.21. The first-order valence-corrected chi connectivity index (χ1v) is 6.11. The molecule has 1 atom stereocenters. The second-order valence-electron chi connectivity index (χ2n) is 4.21. The van der Waals surface area contributed by atoms with Gasteiger partial charge in [-0.1, -0.05) is 26.0 Å². The van der Waals surface area contributed by atoms with E-state index in [0.29, 0.717) is 12.3 Å². The summed E-state index contributed by atoms with van der Waals surface area (Å²) >= 11 is 3.37. The van der Waals surface area contributed by atoms with Crippen LogP contribution < -0.4 is 11.1 Å². The fourth-order valence-electron chi connectivity index (χ4n) is 1.40. The molecule has 4 heteroatoms. The minimum Gasteiger partial charge on any atom is -0.324 e. The monoisotopic (exact) mass is 284 g/mol. The third-order valence-corrected chi connectivity index (χ3v) is 2.89. The standard InChI is InChI=1S/C12H17BrN2O/c1-8(2)7-10(14)12(16)15-11-6-4-3-5-9(11)13/h3-6,8,10H,7,14H2,1-2H3,(H,15,16). The summed E-state index contributed by atoms with van der Waals surface area (Å²) < 4.78 is 0.861. The molecule has 1 unspecified atom stereocenters. The van der Waals surface area contributed by atoms with E-state index in [9.17, 15) is 4.79 Å². The number of amides is 1. The van der Waals surface area contributed by atoms with Gasteiger partial charge in [-0.05, 0) is 40.4 Å². The van der Waals surface area contributed by atoms with Crippen LogP contribution in [-0.2, 0) is 4.79 Å². The average molecular weight is 285 g/mol. The molecule has 0 heterocycles. The summed E-state index contributed by atoms with van der Waals surface area (Å²) in [4.78, 5) is 11.7. The summed E-state index contributed by atoms with van der Waals surface area (Å²) in [6, 6.07) is 7.03. The molecule has 0 spiro atoms. The predicted molar refractivity (Wildman–Crippen MR) is 70.2 cm³/mol. The Labute approximate surface area is 105 Å². The van der Waals surface area contributed by atoms with Crippen LogP contribution >= 0.6 is 15.9 Å². The average Bonchev–Trinajstić information content (AvgIpc) is 2.20. The Balaban J connectivity index is 2.61. The summed E-state index contributed by atoms with van der Waals surface area (Å²) in [6.45, 7) is 4.09. The molecule has 1 rings (SSSR count). The van der Waals surface area contributed by atoms with E-state index in [2.05, 4.69) is 21.2 Å². The Morgan fingerprint density at radius 1 is 1.44 bits per heavy atom. The molecule has 1 amide bonds. The highest BCUT2D eigenvalue weighted by atomic mass is 79.9. The molecule has 0 aliphatic carbocycles. The van der Waals surface area contributed by atoms with Crippen molar-refractivity contribution in [1.29, 1.82) is 0 Å². The molecular weight excluding hydrogens is 268 g/mol. The lowest BCUT2D eigenvalue weighted by Crippen LogP contribution is -2.36. The van der Waals surface area contributed by atoms with Crippen molar-refractivity contribution >= 4 is 27.5 Å². The van der Waals surface area contributed by atoms with Crippen molar-refractivity contribution in [2.45, 2.75) is 26.3 Å². The molecule has 3 N–H and O–H groups in total. The normalized spacial score (nSPS) is 12.6. The number of carbonyl (C=O) groups excluding carboxylic acids is 1. The van der Waals surface area contributed by atoms with Gasteiger partial charge in [0.1, 0.15) is 0 Å². The van der Waals surface area contributed by atoms with Crippen LogP contribution in [0.15, 0.2) is 28.7 Å². The molecular formula is C12H17BrN2O. The Morgan fingerprint density at radius 3 is 2.62 bits per heavy atom. The molecule has 1 aromatic rings. The van der Waals surface area contributed by atoms with Gasteiger partial charge in [-0.2, -0.15) is 0 Å². The van der Waals surface area contributed by atoms with Gasteiger partial charge >= 0.3 is 0 Å². The number of anilines is 1. The highest BCUT2D eigenvalue weighted by Gasteiger charge is 2.15. The molecule has 0 aliphatic rings. The first-order valence-electron chi connectivity index (χ1n) is 5.31. The second-order valence-corrected chi connectivity index (χ2v) is 5.06. The minimum absolute atomic E-state index is 0.138. The maximum Gasteiger partial charge on any atom is 0.241 e. The molecule has 16 heavy (non-hydrogen) atoms. The Hall–Kier alpha value is -0.870. The van der Waals surface area contributed by atoms with Gasteiger partial charge in [0.15, 0.2) is 0 Å². The third-order valence-electron chi connectivity index (χ3n) is 2.19. The Kier molecular flexibility index (Phi) is 4.96. The lowest BCUT2D eigenvalue weighted by Gasteiger charge is -2.14. The lowest BCUT2D eigenvalue weighted by molar-refractivity contribution is -0.117. The van der Waals surface area contributed by atoms with Crippen LogP contribution in [0.5, 0.6) is 0 Å². The summed E-state index contributed by atoms with van der Waals surface area (Å²) in [5, 5.41) is 2.80. The molecule has 0 radical (unpaired) electrons. The SMILES string of the molecule is CC(C)CC(N)C(=O)Nc1ccccc1Br. The topological polar surface area (TPSA) is 55.1 Å². The van der Waals surface area contributed by atoms with Crippen LogP contribution in [0, 0.1) is 5.92 Å². The van der Waals surface area contributed by atoms with E-state index in [1.165, 1.54) is 0 Å². The van der Waals surface area contributed by atoms with Gasteiger partial charge in [0.2, 0.25) is 5.91 Å². The third kappa shape index (κ3) is 3.94. The zero-order chi connectivity index (χ0) is 12.1. The van der Waals surface area contributed by atoms with Gasteiger partial charge in [0.25, 0.3) is 0 Å². The fraction of sp³-hybridized carbons (Fsp3) is 0.417. The maximum absolute atomic E-state index is 11.7. The number of rotatable bonds is 4. The number of carbonyl (C=O) groups is 1. The zero-order valence-corrected chi connectivity index (χ0v) is 11.1. The molecule has 0 bridgehead atoms. The fourth-order valence-corrected chi connectivity index (χ4v) is 1.79. The molecule has 1 aromatic carbocycles. The molecule has 3 nitrogen and oxygen atoms in total. The van der Waals surface area contributed by atoms with Crippen molar-refractivity contribution < 1.29 is 4.79 Å². The number of nitrogens with two attached hydrogens (primary N) is 1. The van der Waals surface area contributed by atoms with Gasteiger partial charge in [-0.3, -0.25) is 4.79 Å². The minimum atomic E-state index is -0.452. The van der Waals surface area contributed by atoms with Crippen molar-refractivity contribution in [2.24, 2.45) is 11.7 Å². The number of hydrogen-bond acceptors (Lipinski definition) is 2. The van der Waals surface area contributed by atoms with Crippen LogP contribution in [0.2, 0.25) is 0 Å². The summed E-state index contributed by atoms with van der Waals surface area (Å²) in [5.74, 6) is 0.278. The van der Waals surface area contributed by atoms with Crippen LogP contribution in [0.1, 0.15) is 20.3 Å². The second kappa shape index (κ2) is 6.01. The van der Waals surface area contributed by atoms with Crippen molar-refractivity contribution in [3.63, 3.8) is 0 Å². The Morgan fingerprint density at radius 2 is 2.06 bits per heavy atom. The molecule has 0 aromatic heterocycles. The van der Waals surface area contributed by atoms with Gasteiger partial charge in [-0.25, -0.2) is 0 Å². The number of benzene rings is 1. The molecule has 0 saturated heterocycles. The predicted octanol–water partition coefficient (Wildman–Crippen LogP) is 2.76. The molecule has 88 valence electrons. The molecule has 0 saturated carbocycles. The summed E-state index contributed by atoms with van der Waals surface area (Å²) in [5.41, 5.74) is 6.54. The quantitative estimate of drug-likeness (QED) is 0.893. The van der Waals surface area contributed by atoms with E-state index < -0.39 is 6.04 Å². The number of hydrogen-bond donors (Lipinski definition) is 2. The number of halogens is 1. The first-order chi connectivity index (χ1) is 7.50. The van der Waals surface area contributed by atoms with E-state index >= 15 is 0 Å². The van der Waals surface area contributed by atoms with Crippen LogP contribution in [0.4, 0.5) is 5.69 Å². The first kappa shape index (κ1) is 13.2. The van der Waals surface area contributed by atoms with Crippen molar-refractivity contribution in [3.8, 4) is 0 Å². The summed E-state index contributed by atoms with van der Waals surface area (Å²) in [7, 11) is 0. The van der Waals surface area contributed by atoms with E-state index in [1.54, 1.807) is 0 Å². The van der Waals surface area contributed by atoms with Crippen molar-refractivity contribution in [1.82, 2.24) is 0 Å². The van der Waals surface area contributed by atoms with Gasteiger partial charge in [-0.15, -0.1) is 0 Å². The van der Waals surface area contributed by atoms with Crippen molar-refractivity contribution in [3.05, 3.63) is 28.7 Å².